The van der Waals surface area contributed by atoms with Crippen molar-refractivity contribution < 1.29 is 14.3 Å². The molecule has 0 aliphatic carbocycles. The van der Waals surface area contributed by atoms with Gasteiger partial charge in [-0.25, -0.2) is 0 Å². The first-order valence-corrected chi connectivity index (χ1v) is 7.80. The topological polar surface area (TPSA) is 47.6 Å². The van der Waals surface area contributed by atoms with Gasteiger partial charge in [0.2, 0.25) is 0 Å². The zero-order valence-corrected chi connectivity index (χ0v) is 13.9. The number of carbonyl (C=O) groups is 1. The van der Waals surface area contributed by atoms with E-state index in [9.17, 15) is 4.79 Å². The van der Waals surface area contributed by atoms with E-state index in [0.717, 1.165) is 16.8 Å². The molecule has 1 N–H and O–H groups in total. The van der Waals surface area contributed by atoms with Gasteiger partial charge in [0.25, 0.3) is 5.91 Å². The number of ether oxygens (including phenoxy) is 2. The lowest BCUT2D eigenvalue weighted by molar-refractivity contribution is 0.0998. The summed E-state index contributed by atoms with van der Waals surface area (Å²) in [6, 6.07) is 13.2. The van der Waals surface area contributed by atoms with Crippen LogP contribution in [-0.2, 0) is 4.74 Å². The minimum atomic E-state index is -0.172. The lowest BCUT2D eigenvalue weighted by atomic mass is 10.1. The number of hydrogen-bond acceptors (Lipinski definition) is 3. The lowest BCUT2D eigenvalue weighted by Crippen LogP contribution is -2.16. The van der Waals surface area contributed by atoms with Crippen LogP contribution < -0.4 is 10.1 Å². The van der Waals surface area contributed by atoms with Crippen LogP contribution in [0.4, 0.5) is 5.69 Å². The van der Waals surface area contributed by atoms with Crippen LogP contribution in [0, 0.1) is 13.8 Å². The molecule has 0 fully saturated rings. The SMILES string of the molecule is CCOCCOc1ccccc1C(=O)Nc1c(C)cccc1C. The Hall–Kier alpha value is -2.33. The van der Waals surface area contributed by atoms with Crippen LogP contribution in [0.3, 0.4) is 0 Å². The van der Waals surface area contributed by atoms with Crippen LogP contribution in [0.2, 0.25) is 0 Å². The van der Waals surface area contributed by atoms with Crippen molar-refractivity contribution in [3.63, 3.8) is 0 Å². The van der Waals surface area contributed by atoms with Crippen molar-refractivity contribution in [1.29, 1.82) is 0 Å². The van der Waals surface area contributed by atoms with E-state index >= 15 is 0 Å². The van der Waals surface area contributed by atoms with Crippen LogP contribution >= 0.6 is 0 Å². The van der Waals surface area contributed by atoms with Gasteiger partial charge < -0.3 is 14.8 Å². The summed E-state index contributed by atoms with van der Waals surface area (Å²) in [6.07, 6.45) is 0. The molecule has 0 saturated carbocycles. The normalized spacial score (nSPS) is 10.4. The molecule has 0 atom stereocenters. The Morgan fingerprint density at radius 1 is 1.00 bits per heavy atom. The molecule has 0 radical (unpaired) electrons. The minimum Gasteiger partial charge on any atom is -0.490 e. The molecule has 0 aromatic heterocycles. The fourth-order valence-electron chi connectivity index (χ4n) is 2.33. The third kappa shape index (κ3) is 4.57. The molecule has 23 heavy (non-hydrogen) atoms. The Kier molecular flexibility index (Phi) is 6.18. The first kappa shape index (κ1) is 17.0. The predicted molar refractivity (Wildman–Crippen MR) is 92.3 cm³/mol. The number of anilines is 1. The largest absolute Gasteiger partial charge is 0.490 e. The summed E-state index contributed by atoms with van der Waals surface area (Å²) >= 11 is 0. The number of hydrogen-bond donors (Lipinski definition) is 1. The molecule has 1 amide bonds. The summed E-state index contributed by atoms with van der Waals surface area (Å²) in [4.78, 5) is 12.6. The molecule has 2 rings (SSSR count). The minimum absolute atomic E-state index is 0.172. The molecule has 0 aliphatic rings. The number of amides is 1. The molecule has 4 nitrogen and oxygen atoms in total. The van der Waals surface area contributed by atoms with Crippen LogP contribution in [0.1, 0.15) is 28.4 Å². The smallest absolute Gasteiger partial charge is 0.259 e. The first-order valence-electron chi connectivity index (χ1n) is 7.80. The Balaban J connectivity index is 2.13. The van der Waals surface area contributed by atoms with E-state index in [4.69, 9.17) is 9.47 Å². The quantitative estimate of drug-likeness (QED) is 0.787. The molecule has 2 aromatic rings. The highest BCUT2D eigenvalue weighted by molar-refractivity contribution is 6.06. The van der Waals surface area contributed by atoms with Gasteiger partial charge in [-0.3, -0.25) is 4.79 Å². The monoisotopic (exact) mass is 313 g/mol. The highest BCUT2D eigenvalue weighted by Crippen LogP contribution is 2.23. The lowest BCUT2D eigenvalue weighted by Gasteiger charge is -2.14. The van der Waals surface area contributed by atoms with Gasteiger partial charge in [-0.15, -0.1) is 0 Å². The number of carbonyl (C=O) groups excluding carboxylic acids is 1. The second-order valence-electron chi connectivity index (χ2n) is 5.26. The second kappa shape index (κ2) is 8.34. The second-order valence-corrected chi connectivity index (χ2v) is 5.26. The molecule has 0 aliphatic heterocycles. The Labute approximate surface area is 137 Å². The fraction of sp³-hybridized carbons (Fsp3) is 0.316. The van der Waals surface area contributed by atoms with E-state index in [2.05, 4.69) is 5.32 Å². The maximum Gasteiger partial charge on any atom is 0.259 e. The Morgan fingerprint density at radius 2 is 1.70 bits per heavy atom. The van der Waals surface area contributed by atoms with Gasteiger partial charge >= 0.3 is 0 Å². The van der Waals surface area contributed by atoms with Gasteiger partial charge in [-0.05, 0) is 44.0 Å². The van der Waals surface area contributed by atoms with E-state index in [1.165, 1.54) is 0 Å². The van der Waals surface area contributed by atoms with Gasteiger partial charge in [0, 0.05) is 12.3 Å². The average molecular weight is 313 g/mol. The maximum atomic E-state index is 12.6. The van der Waals surface area contributed by atoms with Crippen LogP contribution in [0.5, 0.6) is 5.75 Å². The Morgan fingerprint density at radius 3 is 2.39 bits per heavy atom. The molecule has 122 valence electrons. The van der Waals surface area contributed by atoms with Crippen LogP contribution in [0.15, 0.2) is 42.5 Å². The zero-order valence-electron chi connectivity index (χ0n) is 13.9. The summed E-state index contributed by atoms with van der Waals surface area (Å²) in [5.41, 5.74) is 3.44. The highest BCUT2D eigenvalue weighted by atomic mass is 16.5. The molecular formula is C19H23NO3. The van der Waals surface area contributed by atoms with E-state index in [0.29, 0.717) is 31.1 Å². The van der Waals surface area contributed by atoms with Crippen LogP contribution in [0.25, 0.3) is 0 Å². The molecule has 2 aromatic carbocycles. The highest BCUT2D eigenvalue weighted by Gasteiger charge is 2.14. The molecule has 0 unspecified atom stereocenters. The summed E-state index contributed by atoms with van der Waals surface area (Å²) in [5.74, 6) is 0.394. The molecule has 0 heterocycles. The van der Waals surface area contributed by atoms with Gasteiger partial charge in [-0.1, -0.05) is 30.3 Å². The predicted octanol–water partition coefficient (Wildman–Crippen LogP) is 3.97. The third-order valence-electron chi connectivity index (χ3n) is 3.54. The van der Waals surface area contributed by atoms with Gasteiger partial charge in [-0.2, -0.15) is 0 Å². The van der Waals surface area contributed by atoms with Gasteiger partial charge in [0.1, 0.15) is 12.4 Å². The molecule has 0 bridgehead atoms. The van der Waals surface area contributed by atoms with Crippen molar-refractivity contribution in [2.24, 2.45) is 0 Å². The van der Waals surface area contributed by atoms with Crippen molar-refractivity contribution >= 4 is 11.6 Å². The van der Waals surface area contributed by atoms with Crippen LogP contribution in [-0.4, -0.2) is 25.7 Å². The Bertz CT molecular complexity index is 647. The third-order valence-corrected chi connectivity index (χ3v) is 3.54. The van der Waals surface area contributed by atoms with Crippen molar-refractivity contribution in [3.8, 4) is 5.75 Å². The number of para-hydroxylation sites is 2. The van der Waals surface area contributed by atoms with E-state index in [1.54, 1.807) is 12.1 Å². The van der Waals surface area contributed by atoms with Gasteiger partial charge in [0.15, 0.2) is 0 Å². The number of nitrogens with one attached hydrogen (secondary N) is 1. The molecule has 0 spiro atoms. The maximum absolute atomic E-state index is 12.6. The van der Waals surface area contributed by atoms with Crippen molar-refractivity contribution in [3.05, 3.63) is 59.2 Å². The van der Waals surface area contributed by atoms with E-state index < -0.39 is 0 Å². The number of rotatable bonds is 7. The summed E-state index contributed by atoms with van der Waals surface area (Å²) < 4.78 is 10.9. The molecular weight excluding hydrogens is 290 g/mol. The van der Waals surface area contributed by atoms with Gasteiger partial charge in [0.05, 0.1) is 12.2 Å². The average Bonchev–Trinajstić information content (AvgIpc) is 2.55. The number of aryl methyl sites for hydroxylation is 2. The summed E-state index contributed by atoms with van der Waals surface area (Å²) in [7, 11) is 0. The van der Waals surface area contributed by atoms with Crippen molar-refractivity contribution in [2.45, 2.75) is 20.8 Å². The molecule has 0 saturated heterocycles. The van der Waals surface area contributed by atoms with Crippen molar-refractivity contribution in [2.75, 3.05) is 25.1 Å². The number of benzene rings is 2. The van der Waals surface area contributed by atoms with Crippen molar-refractivity contribution in [1.82, 2.24) is 0 Å². The van der Waals surface area contributed by atoms with E-state index in [-0.39, 0.29) is 5.91 Å². The summed E-state index contributed by atoms with van der Waals surface area (Å²) in [6.45, 7) is 7.47. The standard InChI is InChI=1S/C19H23NO3/c1-4-22-12-13-23-17-11-6-5-10-16(17)19(21)20-18-14(2)8-7-9-15(18)3/h5-11H,4,12-13H2,1-3H3,(H,20,21). The fourth-order valence-corrected chi connectivity index (χ4v) is 2.33. The zero-order chi connectivity index (χ0) is 16.7. The first-order chi connectivity index (χ1) is 11.1. The van der Waals surface area contributed by atoms with E-state index in [1.807, 2.05) is 51.1 Å². The molecule has 4 heteroatoms. The summed E-state index contributed by atoms with van der Waals surface area (Å²) in [5, 5.41) is 2.99.